The van der Waals surface area contributed by atoms with Gasteiger partial charge in [0.2, 0.25) is 0 Å². The number of anilines is 2. The van der Waals surface area contributed by atoms with Crippen LogP contribution < -0.4 is 10.2 Å². The van der Waals surface area contributed by atoms with Crippen molar-refractivity contribution in [3.8, 4) is 0 Å². The van der Waals surface area contributed by atoms with Gasteiger partial charge in [-0.15, -0.1) is 11.3 Å². The van der Waals surface area contributed by atoms with E-state index in [9.17, 15) is 4.79 Å². The molecule has 2 aliphatic heterocycles. The quantitative estimate of drug-likeness (QED) is 0.499. The van der Waals surface area contributed by atoms with E-state index in [1.807, 2.05) is 43.2 Å². The Morgan fingerprint density at radius 1 is 1.19 bits per heavy atom. The Kier molecular flexibility index (Phi) is 6.23. The number of rotatable bonds is 3. The minimum atomic E-state index is -0.453. The lowest BCUT2D eigenvalue weighted by Crippen LogP contribution is -2.49. The van der Waals surface area contributed by atoms with E-state index in [-0.39, 0.29) is 6.09 Å². The van der Waals surface area contributed by atoms with E-state index in [1.165, 1.54) is 11.3 Å². The van der Waals surface area contributed by atoms with Gasteiger partial charge < -0.3 is 19.9 Å². The molecule has 3 heterocycles. The van der Waals surface area contributed by atoms with Crippen LogP contribution in [-0.4, -0.2) is 48.1 Å². The Morgan fingerprint density at radius 2 is 1.97 bits per heavy atom. The second-order valence-electron chi connectivity index (χ2n) is 9.32. The molecule has 0 radical (unpaired) electrons. The van der Waals surface area contributed by atoms with Crippen molar-refractivity contribution >= 4 is 34.6 Å². The van der Waals surface area contributed by atoms with E-state index in [0.29, 0.717) is 11.9 Å². The molecule has 7 heteroatoms. The Bertz CT molecular complexity index is 928. The van der Waals surface area contributed by atoms with Gasteiger partial charge in [-0.05, 0) is 81.7 Å². The van der Waals surface area contributed by atoms with Crippen LogP contribution in [0.2, 0.25) is 0 Å². The van der Waals surface area contributed by atoms with Gasteiger partial charge in [-0.25, -0.2) is 4.79 Å². The van der Waals surface area contributed by atoms with Crippen molar-refractivity contribution in [2.45, 2.75) is 58.1 Å². The number of fused-ring (bicyclic) bond motifs is 1. The first-order valence-corrected chi connectivity index (χ1v) is 11.9. The van der Waals surface area contributed by atoms with Gasteiger partial charge in [0.25, 0.3) is 0 Å². The summed E-state index contributed by atoms with van der Waals surface area (Å²) < 4.78 is 5.54. The van der Waals surface area contributed by atoms with E-state index < -0.39 is 5.60 Å². The Balaban J connectivity index is 1.40. The van der Waals surface area contributed by atoms with Gasteiger partial charge >= 0.3 is 6.09 Å². The Hall–Kier alpha value is -2.54. The van der Waals surface area contributed by atoms with Gasteiger partial charge in [-0.1, -0.05) is 6.07 Å². The van der Waals surface area contributed by atoms with E-state index in [1.54, 1.807) is 11.3 Å². The molecule has 1 aromatic carbocycles. The van der Waals surface area contributed by atoms with Crippen LogP contribution in [0.3, 0.4) is 0 Å². The summed E-state index contributed by atoms with van der Waals surface area (Å²) in [7, 11) is 0. The third-order valence-corrected chi connectivity index (χ3v) is 6.72. The molecular weight excluding hydrogens is 408 g/mol. The number of piperidine rings is 1. The highest BCUT2D eigenvalue weighted by Crippen LogP contribution is 2.34. The predicted octanol–water partition coefficient (Wildman–Crippen LogP) is 5.34. The van der Waals surface area contributed by atoms with Crippen LogP contribution in [0.15, 0.2) is 35.7 Å². The van der Waals surface area contributed by atoms with E-state index in [2.05, 4.69) is 28.4 Å². The molecule has 1 fully saturated rings. The Labute approximate surface area is 188 Å². The topological polar surface area (TPSA) is 68.7 Å². The number of nitrogens with one attached hydrogen (secondary N) is 2. The van der Waals surface area contributed by atoms with Gasteiger partial charge in [0, 0.05) is 37.1 Å². The zero-order valence-electron chi connectivity index (χ0n) is 18.6. The maximum atomic E-state index is 12.4. The van der Waals surface area contributed by atoms with Gasteiger partial charge in [-0.2, -0.15) is 0 Å². The van der Waals surface area contributed by atoms with E-state index in [4.69, 9.17) is 10.1 Å². The summed E-state index contributed by atoms with van der Waals surface area (Å²) in [6.45, 7) is 8.27. The number of aryl methyl sites for hydroxylation is 1. The smallest absolute Gasteiger partial charge is 0.410 e. The second-order valence-corrected chi connectivity index (χ2v) is 10.3. The molecule has 1 aromatic heterocycles. The Morgan fingerprint density at radius 3 is 2.65 bits per heavy atom. The van der Waals surface area contributed by atoms with Crippen LogP contribution >= 0.6 is 11.3 Å². The second kappa shape index (κ2) is 8.91. The summed E-state index contributed by atoms with van der Waals surface area (Å²) in [5.41, 5.74) is 3.16. The summed E-state index contributed by atoms with van der Waals surface area (Å²) in [6.07, 6.45) is 3.91. The average Bonchev–Trinajstić information content (AvgIpc) is 3.27. The molecule has 0 atom stereocenters. The van der Waals surface area contributed by atoms with Crippen LogP contribution in [0.4, 0.5) is 16.2 Å². The van der Waals surface area contributed by atoms with Crippen molar-refractivity contribution in [1.82, 2.24) is 4.90 Å². The number of nitrogens with zero attached hydrogens (tertiary/aromatic N) is 2. The maximum absolute atomic E-state index is 12.4. The lowest BCUT2D eigenvalue weighted by atomic mass is 9.95. The minimum Gasteiger partial charge on any atom is -0.444 e. The molecule has 6 nitrogen and oxygen atoms in total. The fraction of sp³-hybridized carbons (Fsp3) is 0.500. The average molecular weight is 441 g/mol. The zero-order chi connectivity index (χ0) is 22.0. The molecule has 2 aromatic rings. The molecule has 1 amide bonds. The number of amides is 1. The van der Waals surface area contributed by atoms with Crippen LogP contribution in [0, 0.1) is 5.41 Å². The van der Waals surface area contributed by atoms with Crippen molar-refractivity contribution in [2.24, 2.45) is 0 Å². The summed E-state index contributed by atoms with van der Waals surface area (Å²) in [6, 6.07) is 10.8. The van der Waals surface area contributed by atoms with Crippen molar-refractivity contribution < 1.29 is 9.53 Å². The number of thiophene rings is 1. The molecule has 2 N–H and O–H groups in total. The first kappa shape index (κ1) is 21.7. The molecule has 31 heavy (non-hydrogen) atoms. The number of carbonyl (C=O) groups excluding carboxylic acids is 1. The predicted molar refractivity (Wildman–Crippen MR) is 128 cm³/mol. The number of hydrogen-bond acceptors (Lipinski definition) is 5. The summed E-state index contributed by atoms with van der Waals surface area (Å²) in [5.74, 6) is 0.442. The minimum absolute atomic E-state index is 0.200. The zero-order valence-corrected chi connectivity index (χ0v) is 19.4. The fourth-order valence-corrected chi connectivity index (χ4v) is 5.03. The number of ether oxygens (including phenoxy) is 1. The van der Waals surface area contributed by atoms with Crippen molar-refractivity contribution in [1.29, 1.82) is 5.41 Å². The highest BCUT2D eigenvalue weighted by atomic mass is 32.1. The highest BCUT2D eigenvalue weighted by molar-refractivity contribution is 7.12. The summed E-state index contributed by atoms with van der Waals surface area (Å²) >= 11 is 1.57. The fourth-order valence-electron chi connectivity index (χ4n) is 4.40. The third kappa shape index (κ3) is 5.21. The number of carbonyl (C=O) groups is 1. The summed E-state index contributed by atoms with van der Waals surface area (Å²) in [5, 5.41) is 13.5. The molecule has 0 unspecified atom stereocenters. The van der Waals surface area contributed by atoms with E-state index in [0.717, 1.165) is 55.9 Å². The molecule has 0 spiro atoms. The maximum Gasteiger partial charge on any atom is 0.410 e. The van der Waals surface area contributed by atoms with Gasteiger partial charge in [0.05, 0.1) is 4.88 Å². The number of hydrogen-bond donors (Lipinski definition) is 2. The first-order chi connectivity index (χ1) is 14.8. The molecule has 166 valence electrons. The van der Waals surface area contributed by atoms with Crippen molar-refractivity contribution in [2.75, 3.05) is 29.9 Å². The summed E-state index contributed by atoms with van der Waals surface area (Å²) in [4.78, 5) is 17.7. The van der Waals surface area contributed by atoms with Crippen LogP contribution in [0.1, 0.15) is 50.5 Å². The molecule has 0 aliphatic carbocycles. The van der Waals surface area contributed by atoms with Gasteiger partial charge in [-0.3, -0.25) is 5.41 Å². The lowest BCUT2D eigenvalue weighted by molar-refractivity contribution is 0.0204. The lowest BCUT2D eigenvalue weighted by Gasteiger charge is -2.42. The number of benzene rings is 1. The van der Waals surface area contributed by atoms with E-state index >= 15 is 0 Å². The number of amidine groups is 1. The molecule has 0 saturated carbocycles. The SMILES string of the molecule is CC(C)(C)OC(=O)N1CCC(N2CCCc3cc(NC(=N)c4cccs4)ccc32)CC1. The van der Waals surface area contributed by atoms with Crippen molar-refractivity contribution in [3.63, 3.8) is 0 Å². The van der Waals surface area contributed by atoms with Crippen molar-refractivity contribution in [3.05, 3.63) is 46.2 Å². The standard InChI is InChI=1S/C24H32N4O2S/c1-24(2,3)30-23(29)27-13-10-19(11-14-27)28-12-4-6-17-16-18(8-9-20(17)28)26-22(25)21-7-5-15-31-21/h5,7-9,15-16,19H,4,6,10-14H2,1-3H3,(H2,25,26). The van der Waals surface area contributed by atoms with Crippen LogP contribution in [0.25, 0.3) is 0 Å². The van der Waals surface area contributed by atoms with Crippen LogP contribution in [-0.2, 0) is 11.2 Å². The third-order valence-electron chi connectivity index (χ3n) is 5.83. The number of likely N-dealkylation sites (tertiary alicyclic amines) is 1. The molecule has 2 aliphatic rings. The van der Waals surface area contributed by atoms with Crippen LogP contribution in [0.5, 0.6) is 0 Å². The monoisotopic (exact) mass is 440 g/mol. The van der Waals surface area contributed by atoms with Gasteiger partial charge in [0.15, 0.2) is 0 Å². The largest absolute Gasteiger partial charge is 0.444 e. The highest BCUT2D eigenvalue weighted by Gasteiger charge is 2.31. The molecule has 1 saturated heterocycles. The molecular formula is C24H32N4O2S. The molecule has 0 bridgehead atoms. The first-order valence-electron chi connectivity index (χ1n) is 11.1. The normalized spacial score (nSPS) is 17.3. The molecule has 4 rings (SSSR count). The van der Waals surface area contributed by atoms with Gasteiger partial charge in [0.1, 0.15) is 11.4 Å².